The lowest BCUT2D eigenvalue weighted by atomic mass is 9.93. The van der Waals surface area contributed by atoms with E-state index < -0.39 is 0 Å². The summed E-state index contributed by atoms with van der Waals surface area (Å²) in [4.78, 5) is 0. The van der Waals surface area contributed by atoms with Gasteiger partial charge in [-0.2, -0.15) is 5.10 Å². The highest BCUT2D eigenvalue weighted by Gasteiger charge is 2.15. The number of aryl methyl sites for hydroxylation is 2. The van der Waals surface area contributed by atoms with E-state index in [-0.39, 0.29) is 0 Å². The first-order valence-corrected chi connectivity index (χ1v) is 8.23. The van der Waals surface area contributed by atoms with Crippen molar-refractivity contribution in [3.05, 3.63) is 51.8 Å². The van der Waals surface area contributed by atoms with Crippen molar-refractivity contribution in [3.63, 3.8) is 0 Å². The molecule has 0 aliphatic heterocycles. The lowest BCUT2D eigenvalue weighted by Crippen LogP contribution is -2.29. The second-order valence-electron chi connectivity index (χ2n) is 5.92. The summed E-state index contributed by atoms with van der Waals surface area (Å²) in [5.41, 5.74) is 3.72. The molecule has 1 aromatic carbocycles. The van der Waals surface area contributed by atoms with Gasteiger partial charge in [0.25, 0.3) is 0 Å². The number of nitrogens with zero attached hydrogens (tertiary/aromatic N) is 2. The Morgan fingerprint density at radius 3 is 2.62 bits per heavy atom. The first-order chi connectivity index (χ1) is 9.95. The van der Waals surface area contributed by atoms with E-state index in [9.17, 15) is 0 Å². The molecule has 2 aromatic rings. The van der Waals surface area contributed by atoms with E-state index >= 15 is 0 Å². The zero-order valence-corrected chi connectivity index (χ0v) is 14.8. The molecular weight excluding hydrogens is 326 g/mol. The minimum atomic E-state index is 0.444. The Bertz CT molecular complexity index is 589. The van der Waals surface area contributed by atoms with Gasteiger partial charge in [-0.05, 0) is 37.1 Å². The number of nitrogens with one attached hydrogen (secondary N) is 1. The third-order valence-corrected chi connectivity index (χ3v) is 4.14. The van der Waals surface area contributed by atoms with Crippen LogP contribution in [-0.2, 0) is 13.5 Å². The van der Waals surface area contributed by atoms with Gasteiger partial charge < -0.3 is 5.32 Å². The van der Waals surface area contributed by atoms with Crippen LogP contribution in [0, 0.1) is 6.92 Å². The maximum absolute atomic E-state index is 4.46. The minimum absolute atomic E-state index is 0.444. The molecule has 0 bridgehead atoms. The molecule has 1 atom stereocenters. The zero-order chi connectivity index (χ0) is 15.4. The summed E-state index contributed by atoms with van der Waals surface area (Å²) in [7, 11) is 2.02. The molecule has 21 heavy (non-hydrogen) atoms. The minimum Gasteiger partial charge on any atom is -0.314 e. The van der Waals surface area contributed by atoms with Gasteiger partial charge in [0.15, 0.2) is 0 Å². The molecule has 0 radical (unpaired) electrons. The molecule has 114 valence electrons. The molecule has 1 heterocycles. The molecule has 0 saturated carbocycles. The molecule has 1 N–H and O–H groups in total. The Morgan fingerprint density at radius 1 is 1.29 bits per heavy atom. The van der Waals surface area contributed by atoms with Crippen LogP contribution in [0.1, 0.15) is 36.7 Å². The van der Waals surface area contributed by atoms with Crippen molar-refractivity contribution in [2.75, 3.05) is 6.54 Å². The normalized spacial score (nSPS) is 12.9. The molecule has 3 nitrogen and oxygen atoms in total. The average molecular weight is 350 g/mol. The van der Waals surface area contributed by atoms with Crippen molar-refractivity contribution in [2.45, 2.75) is 39.2 Å². The summed E-state index contributed by atoms with van der Waals surface area (Å²) in [6.45, 7) is 7.39. The Hall–Kier alpha value is -1.13. The number of hydrogen-bond donors (Lipinski definition) is 1. The van der Waals surface area contributed by atoms with Gasteiger partial charge in [-0.25, -0.2) is 0 Å². The van der Waals surface area contributed by atoms with E-state index in [0.717, 1.165) is 23.1 Å². The predicted octanol–water partition coefficient (Wildman–Crippen LogP) is 3.82. The van der Waals surface area contributed by atoms with E-state index in [1.165, 1.54) is 11.3 Å². The molecular formula is C17H24BrN3. The highest BCUT2D eigenvalue weighted by Crippen LogP contribution is 2.23. The molecule has 0 aliphatic rings. The molecule has 0 saturated heterocycles. The largest absolute Gasteiger partial charge is 0.314 e. The highest BCUT2D eigenvalue weighted by atomic mass is 79.9. The highest BCUT2D eigenvalue weighted by molar-refractivity contribution is 9.10. The van der Waals surface area contributed by atoms with Gasteiger partial charge in [-0.15, -0.1) is 0 Å². The van der Waals surface area contributed by atoms with Crippen LogP contribution in [0.5, 0.6) is 0 Å². The molecule has 1 aromatic heterocycles. The van der Waals surface area contributed by atoms with Crippen molar-refractivity contribution >= 4 is 15.9 Å². The summed E-state index contributed by atoms with van der Waals surface area (Å²) in [6, 6.07) is 11.3. The van der Waals surface area contributed by atoms with Crippen LogP contribution in [0.15, 0.2) is 34.8 Å². The van der Waals surface area contributed by atoms with Gasteiger partial charge in [0.05, 0.1) is 5.69 Å². The molecule has 0 fully saturated rings. The van der Waals surface area contributed by atoms with Gasteiger partial charge in [0, 0.05) is 35.7 Å². The van der Waals surface area contributed by atoms with Crippen molar-refractivity contribution in [1.82, 2.24) is 15.1 Å². The van der Waals surface area contributed by atoms with E-state index in [2.05, 4.69) is 70.5 Å². The fraction of sp³-hybridized carbons (Fsp3) is 0.471. The van der Waals surface area contributed by atoms with Crippen LogP contribution < -0.4 is 5.32 Å². The second-order valence-corrected chi connectivity index (χ2v) is 6.84. The Kier molecular flexibility index (Phi) is 5.59. The zero-order valence-electron chi connectivity index (χ0n) is 13.2. The monoisotopic (exact) mass is 349 g/mol. The lowest BCUT2D eigenvalue weighted by Gasteiger charge is -2.20. The van der Waals surface area contributed by atoms with E-state index in [4.69, 9.17) is 0 Å². The predicted molar refractivity (Wildman–Crippen MR) is 91.7 cm³/mol. The van der Waals surface area contributed by atoms with Crippen molar-refractivity contribution in [1.29, 1.82) is 0 Å². The smallest absolute Gasteiger partial charge is 0.0596 e. The Labute approximate surface area is 135 Å². The topological polar surface area (TPSA) is 29.9 Å². The van der Waals surface area contributed by atoms with Crippen LogP contribution in [0.2, 0.25) is 0 Å². The number of aromatic nitrogens is 2. The molecule has 0 spiro atoms. The molecule has 4 heteroatoms. The number of benzene rings is 1. The van der Waals surface area contributed by atoms with Gasteiger partial charge in [-0.3, -0.25) is 4.68 Å². The van der Waals surface area contributed by atoms with Gasteiger partial charge in [0.1, 0.15) is 0 Å². The molecule has 1 unspecified atom stereocenters. The fourth-order valence-corrected chi connectivity index (χ4v) is 2.97. The van der Waals surface area contributed by atoms with Crippen LogP contribution in [0.3, 0.4) is 0 Å². The van der Waals surface area contributed by atoms with Gasteiger partial charge in [0.2, 0.25) is 0 Å². The SMILES string of the molecule is Cc1cc(CC(CNC(C)C)c2cccc(Br)c2)n(C)n1. The lowest BCUT2D eigenvalue weighted by molar-refractivity contribution is 0.516. The van der Waals surface area contributed by atoms with Crippen LogP contribution in [0.4, 0.5) is 0 Å². The number of hydrogen-bond acceptors (Lipinski definition) is 2. The fourth-order valence-electron chi connectivity index (χ4n) is 2.55. The summed E-state index contributed by atoms with van der Waals surface area (Å²) < 4.78 is 3.13. The van der Waals surface area contributed by atoms with Crippen LogP contribution in [-0.4, -0.2) is 22.4 Å². The molecule has 0 aliphatic carbocycles. The summed E-state index contributed by atoms with van der Waals surface area (Å²) in [6.07, 6.45) is 0.994. The van der Waals surface area contributed by atoms with E-state index in [0.29, 0.717) is 12.0 Å². The third-order valence-electron chi connectivity index (χ3n) is 3.65. The van der Waals surface area contributed by atoms with Gasteiger partial charge >= 0.3 is 0 Å². The number of halogens is 1. The second kappa shape index (κ2) is 7.23. The van der Waals surface area contributed by atoms with E-state index in [1.807, 2.05) is 18.7 Å². The van der Waals surface area contributed by atoms with Crippen LogP contribution in [0.25, 0.3) is 0 Å². The molecule has 2 rings (SSSR count). The Morgan fingerprint density at radius 2 is 2.05 bits per heavy atom. The standard InChI is InChI=1S/C17H24BrN3/c1-12(2)19-11-15(14-6-5-7-16(18)9-14)10-17-8-13(3)20-21(17)4/h5-9,12,15,19H,10-11H2,1-4H3. The van der Waals surface area contributed by atoms with Crippen molar-refractivity contribution < 1.29 is 0 Å². The average Bonchev–Trinajstić information content (AvgIpc) is 2.72. The van der Waals surface area contributed by atoms with Crippen molar-refractivity contribution in [2.24, 2.45) is 7.05 Å². The Balaban J connectivity index is 2.21. The summed E-state index contributed by atoms with van der Waals surface area (Å²) in [5.74, 6) is 0.444. The van der Waals surface area contributed by atoms with Gasteiger partial charge in [-0.1, -0.05) is 41.9 Å². The summed E-state index contributed by atoms with van der Waals surface area (Å²) in [5, 5.41) is 8.02. The summed E-state index contributed by atoms with van der Waals surface area (Å²) >= 11 is 3.58. The first kappa shape index (κ1) is 16.2. The maximum Gasteiger partial charge on any atom is 0.0596 e. The van der Waals surface area contributed by atoms with Crippen LogP contribution >= 0.6 is 15.9 Å². The number of rotatable bonds is 6. The third kappa shape index (κ3) is 4.68. The molecule has 0 amide bonds. The van der Waals surface area contributed by atoms with Crippen molar-refractivity contribution in [3.8, 4) is 0 Å². The van der Waals surface area contributed by atoms with E-state index in [1.54, 1.807) is 0 Å². The quantitative estimate of drug-likeness (QED) is 0.859. The first-order valence-electron chi connectivity index (χ1n) is 7.44. The maximum atomic E-state index is 4.46.